The Kier molecular flexibility index (Phi) is 3.85. The number of nitrogens with one attached hydrogen (secondary N) is 2. The molecular weight excluding hydrogens is 322 g/mol. The maximum absolute atomic E-state index is 13.4. The number of halogens is 4. The summed E-state index contributed by atoms with van der Waals surface area (Å²) in [5.74, 6) is -5.88. The van der Waals surface area contributed by atoms with Gasteiger partial charge in [0.05, 0.1) is 0 Å². The van der Waals surface area contributed by atoms with Crippen LogP contribution in [0, 0.1) is 28.3 Å². The molecule has 0 saturated heterocycles. The highest BCUT2D eigenvalue weighted by molar-refractivity contribution is 7.71. The molecule has 2 aromatic rings. The van der Waals surface area contributed by atoms with E-state index in [1.165, 1.54) is 0 Å². The largest absolute Gasteiger partial charge is 0.380 e. The molecule has 0 unspecified atom stereocenters. The Morgan fingerprint density at radius 1 is 1.18 bits per heavy atom. The van der Waals surface area contributed by atoms with E-state index in [1.807, 2.05) is 4.57 Å². The van der Waals surface area contributed by atoms with E-state index in [2.05, 4.69) is 20.5 Å². The third-order valence-corrected chi connectivity index (χ3v) is 3.63. The van der Waals surface area contributed by atoms with Gasteiger partial charge in [-0.05, 0) is 25.1 Å². The molecule has 1 saturated carbocycles. The van der Waals surface area contributed by atoms with Crippen molar-refractivity contribution in [2.75, 3.05) is 11.9 Å². The SMILES string of the molecule is Fc1nc(F)c(F)c(NCCc2n[nH]c(=S)n2C2CC2)c1F. The Morgan fingerprint density at radius 2 is 1.82 bits per heavy atom. The summed E-state index contributed by atoms with van der Waals surface area (Å²) in [4.78, 5) is 2.49. The van der Waals surface area contributed by atoms with Crippen molar-refractivity contribution in [2.45, 2.75) is 25.3 Å². The Balaban J connectivity index is 1.73. The molecule has 5 nitrogen and oxygen atoms in total. The smallest absolute Gasteiger partial charge is 0.253 e. The summed E-state index contributed by atoms with van der Waals surface area (Å²) in [5.41, 5.74) is -0.878. The molecule has 1 aliphatic carbocycles. The Hall–Kier alpha value is -1.97. The minimum absolute atomic E-state index is 0.0308. The summed E-state index contributed by atoms with van der Waals surface area (Å²) >= 11 is 5.11. The van der Waals surface area contributed by atoms with Crippen LogP contribution in [0.2, 0.25) is 0 Å². The lowest BCUT2D eigenvalue weighted by Gasteiger charge is -2.09. The zero-order valence-electron chi connectivity index (χ0n) is 11.2. The topological polar surface area (TPSA) is 58.5 Å². The second-order valence-electron chi connectivity index (χ2n) is 4.92. The van der Waals surface area contributed by atoms with Crippen LogP contribution in [0.15, 0.2) is 0 Å². The highest BCUT2D eigenvalue weighted by Gasteiger charge is 2.27. The number of hydrogen-bond donors (Lipinski definition) is 2. The number of nitrogens with zero attached hydrogens (tertiary/aromatic N) is 3. The zero-order chi connectivity index (χ0) is 15.9. The molecular formula is C12H11F4N5S. The average molecular weight is 333 g/mol. The summed E-state index contributed by atoms with van der Waals surface area (Å²) in [6.45, 7) is 0.0308. The van der Waals surface area contributed by atoms with E-state index < -0.39 is 29.2 Å². The third kappa shape index (κ3) is 2.70. The van der Waals surface area contributed by atoms with E-state index in [-0.39, 0.29) is 13.0 Å². The summed E-state index contributed by atoms with van der Waals surface area (Å²) in [5, 5.41) is 9.04. The molecule has 3 rings (SSSR count). The zero-order valence-corrected chi connectivity index (χ0v) is 12.0. The van der Waals surface area contributed by atoms with Gasteiger partial charge in [0, 0.05) is 19.0 Å². The van der Waals surface area contributed by atoms with Crippen molar-refractivity contribution in [3.05, 3.63) is 34.1 Å². The van der Waals surface area contributed by atoms with Crippen LogP contribution in [-0.2, 0) is 6.42 Å². The Morgan fingerprint density at radius 3 is 2.41 bits per heavy atom. The lowest BCUT2D eigenvalue weighted by atomic mass is 10.3. The van der Waals surface area contributed by atoms with Gasteiger partial charge >= 0.3 is 0 Å². The van der Waals surface area contributed by atoms with E-state index in [0.29, 0.717) is 16.6 Å². The van der Waals surface area contributed by atoms with Crippen LogP contribution >= 0.6 is 12.2 Å². The molecule has 2 aromatic heterocycles. The van der Waals surface area contributed by atoms with Crippen LogP contribution < -0.4 is 5.32 Å². The minimum atomic E-state index is -1.69. The molecule has 0 bridgehead atoms. The molecule has 118 valence electrons. The van der Waals surface area contributed by atoms with E-state index in [9.17, 15) is 17.6 Å². The number of aromatic amines is 1. The molecule has 1 fully saturated rings. The van der Waals surface area contributed by atoms with E-state index in [1.54, 1.807) is 0 Å². The van der Waals surface area contributed by atoms with Gasteiger partial charge in [-0.15, -0.1) is 0 Å². The van der Waals surface area contributed by atoms with Gasteiger partial charge in [-0.25, -0.2) is 0 Å². The quantitative estimate of drug-likeness (QED) is 0.502. The standard InChI is InChI=1S/C12H11F4N5S/c13-7-9(8(14)11(16)18-10(7)15)17-4-3-6-19-20-12(22)21(6)5-1-2-5/h5H,1-4H2,(H,17,18)(H,20,22). The number of anilines is 1. The first-order valence-electron chi connectivity index (χ1n) is 6.58. The Bertz CT molecular complexity index is 741. The van der Waals surface area contributed by atoms with Crippen LogP contribution in [0.1, 0.15) is 24.7 Å². The normalized spacial score (nSPS) is 14.4. The van der Waals surface area contributed by atoms with Gasteiger partial charge in [0.1, 0.15) is 11.5 Å². The minimum Gasteiger partial charge on any atom is -0.380 e. The second kappa shape index (κ2) is 5.67. The summed E-state index contributed by atoms with van der Waals surface area (Å²) in [6, 6.07) is 0.297. The van der Waals surface area contributed by atoms with E-state index in [4.69, 9.17) is 12.2 Å². The van der Waals surface area contributed by atoms with Crippen molar-refractivity contribution < 1.29 is 17.6 Å². The number of hydrogen-bond acceptors (Lipinski definition) is 4. The van der Waals surface area contributed by atoms with Gasteiger partial charge in [-0.3, -0.25) is 5.10 Å². The number of rotatable bonds is 5. The fourth-order valence-electron chi connectivity index (χ4n) is 2.16. The molecule has 1 aliphatic rings. The van der Waals surface area contributed by atoms with Gasteiger partial charge in [0.15, 0.2) is 4.77 Å². The maximum Gasteiger partial charge on any atom is 0.253 e. The molecule has 0 aromatic carbocycles. The predicted octanol–water partition coefficient (Wildman–Crippen LogP) is 2.88. The fraction of sp³-hybridized carbons (Fsp3) is 0.417. The Labute approximate surface area is 127 Å². The van der Waals surface area contributed by atoms with Gasteiger partial charge in [-0.1, -0.05) is 0 Å². The molecule has 22 heavy (non-hydrogen) atoms. The van der Waals surface area contributed by atoms with Gasteiger partial charge in [0.2, 0.25) is 11.6 Å². The highest BCUT2D eigenvalue weighted by Crippen LogP contribution is 2.35. The van der Waals surface area contributed by atoms with Crippen LogP contribution in [0.4, 0.5) is 23.2 Å². The molecule has 2 N–H and O–H groups in total. The van der Waals surface area contributed by atoms with Gasteiger partial charge < -0.3 is 9.88 Å². The average Bonchev–Trinajstić information content (AvgIpc) is 3.25. The van der Waals surface area contributed by atoms with Crippen molar-refractivity contribution >= 4 is 17.9 Å². The third-order valence-electron chi connectivity index (χ3n) is 3.34. The molecule has 0 aliphatic heterocycles. The van der Waals surface area contributed by atoms with Crippen molar-refractivity contribution in [1.29, 1.82) is 0 Å². The monoisotopic (exact) mass is 333 g/mol. The maximum atomic E-state index is 13.4. The number of pyridine rings is 1. The fourth-order valence-corrected chi connectivity index (χ4v) is 2.46. The molecule has 0 atom stereocenters. The molecule has 0 radical (unpaired) electrons. The summed E-state index contributed by atoms with van der Waals surface area (Å²) in [6.07, 6.45) is 2.28. The summed E-state index contributed by atoms with van der Waals surface area (Å²) < 4.78 is 55.2. The van der Waals surface area contributed by atoms with Crippen molar-refractivity contribution in [2.24, 2.45) is 0 Å². The lowest BCUT2D eigenvalue weighted by molar-refractivity contribution is 0.410. The first-order valence-corrected chi connectivity index (χ1v) is 6.99. The first-order chi connectivity index (χ1) is 10.5. The van der Waals surface area contributed by atoms with Gasteiger partial charge in [0.25, 0.3) is 11.9 Å². The van der Waals surface area contributed by atoms with Crippen LogP contribution in [0.3, 0.4) is 0 Å². The van der Waals surface area contributed by atoms with E-state index in [0.717, 1.165) is 12.8 Å². The van der Waals surface area contributed by atoms with Crippen molar-refractivity contribution in [3.63, 3.8) is 0 Å². The molecule has 0 spiro atoms. The molecule has 10 heteroatoms. The van der Waals surface area contributed by atoms with Crippen molar-refractivity contribution in [3.8, 4) is 0 Å². The predicted molar refractivity (Wildman–Crippen MR) is 71.9 cm³/mol. The second-order valence-corrected chi connectivity index (χ2v) is 5.31. The number of aromatic nitrogens is 4. The van der Waals surface area contributed by atoms with Crippen LogP contribution in [0.25, 0.3) is 0 Å². The van der Waals surface area contributed by atoms with Crippen LogP contribution in [-0.4, -0.2) is 26.3 Å². The number of H-pyrrole nitrogens is 1. The van der Waals surface area contributed by atoms with Crippen LogP contribution in [0.5, 0.6) is 0 Å². The first kappa shape index (κ1) is 14.9. The molecule has 0 amide bonds. The summed E-state index contributed by atoms with van der Waals surface area (Å²) in [7, 11) is 0. The van der Waals surface area contributed by atoms with E-state index >= 15 is 0 Å². The molecule has 2 heterocycles. The lowest BCUT2D eigenvalue weighted by Crippen LogP contribution is -2.14. The van der Waals surface area contributed by atoms with Gasteiger partial charge in [-0.2, -0.15) is 27.6 Å². The highest BCUT2D eigenvalue weighted by atomic mass is 32.1. The van der Waals surface area contributed by atoms with Crippen molar-refractivity contribution in [1.82, 2.24) is 19.7 Å².